The fourth-order valence-electron chi connectivity index (χ4n) is 2.60. The molecular weight excluding hydrogens is 360 g/mol. The molecule has 3 rings (SSSR count). The lowest BCUT2D eigenvalue weighted by atomic mass is 10.1. The van der Waals surface area contributed by atoms with Gasteiger partial charge in [0, 0.05) is 12.7 Å². The highest BCUT2D eigenvalue weighted by Gasteiger charge is 2.06. The van der Waals surface area contributed by atoms with Crippen LogP contribution in [0.15, 0.2) is 83.8 Å². The number of benzene rings is 3. The molecule has 0 aliphatic carbocycles. The third-order valence-electron chi connectivity index (χ3n) is 4.04. The standard InChI is InChI=1S/C22H22O4S/c1-27(23,24)22-14-12-21(13-15-22)26-17-5-16-25-20-10-8-19(9-11-20)18-6-3-2-4-7-18/h2-4,6-15H,5,16-17H2,1H3. The molecular formula is C22H22O4S. The van der Waals surface area contributed by atoms with Gasteiger partial charge in [-0.05, 0) is 47.5 Å². The van der Waals surface area contributed by atoms with Crippen molar-refractivity contribution in [1.82, 2.24) is 0 Å². The predicted molar refractivity (Wildman–Crippen MR) is 107 cm³/mol. The molecule has 0 N–H and O–H groups in total. The predicted octanol–water partition coefficient (Wildman–Crippen LogP) is 4.61. The maximum atomic E-state index is 11.4. The monoisotopic (exact) mass is 382 g/mol. The van der Waals surface area contributed by atoms with Crippen molar-refractivity contribution in [3.8, 4) is 22.6 Å². The molecule has 140 valence electrons. The van der Waals surface area contributed by atoms with Crippen molar-refractivity contribution in [3.05, 3.63) is 78.9 Å². The van der Waals surface area contributed by atoms with Crippen LogP contribution in [0.3, 0.4) is 0 Å². The summed E-state index contributed by atoms with van der Waals surface area (Å²) < 4.78 is 34.2. The second-order valence-corrected chi connectivity index (χ2v) is 8.20. The van der Waals surface area contributed by atoms with E-state index in [2.05, 4.69) is 12.1 Å². The molecule has 0 atom stereocenters. The molecule has 0 saturated carbocycles. The van der Waals surface area contributed by atoms with Crippen molar-refractivity contribution in [3.63, 3.8) is 0 Å². The van der Waals surface area contributed by atoms with E-state index in [0.29, 0.717) is 19.0 Å². The molecule has 5 heteroatoms. The molecule has 0 aromatic heterocycles. The fourth-order valence-corrected chi connectivity index (χ4v) is 3.23. The summed E-state index contributed by atoms with van der Waals surface area (Å²) in [6.07, 6.45) is 1.92. The Balaban J connectivity index is 1.41. The molecule has 0 aliphatic heterocycles. The molecule has 0 aliphatic rings. The third-order valence-corrected chi connectivity index (χ3v) is 5.17. The van der Waals surface area contributed by atoms with Gasteiger partial charge in [-0.15, -0.1) is 0 Å². The van der Waals surface area contributed by atoms with Crippen LogP contribution in [0.5, 0.6) is 11.5 Å². The van der Waals surface area contributed by atoms with E-state index < -0.39 is 9.84 Å². The van der Waals surface area contributed by atoms with Gasteiger partial charge in [0.2, 0.25) is 0 Å². The van der Waals surface area contributed by atoms with Gasteiger partial charge in [-0.2, -0.15) is 0 Å². The van der Waals surface area contributed by atoms with Crippen LogP contribution < -0.4 is 9.47 Å². The maximum Gasteiger partial charge on any atom is 0.175 e. The zero-order valence-electron chi connectivity index (χ0n) is 15.2. The van der Waals surface area contributed by atoms with Gasteiger partial charge in [-0.25, -0.2) is 8.42 Å². The minimum atomic E-state index is -3.18. The molecule has 4 nitrogen and oxygen atoms in total. The van der Waals surface area contributed by atoms with Gasteiger partial charge in [0.1, 0.15) is 11.5 Å². The van der Waals surface area contributed by atoms with Crippen molar-refractivity contribution in [2.75, 3.05) is 19.5 Å². The lowest BCUT2D eigenvalue weighted by Gasteiger charge is -2.09. The van der Waals surface area contributed by atoms with E-state index in [1.54, 1.807) is 24.3 Å². The van der Waals surface area contributed by atoms with Gasteiger partial charge in [0.15, 0.2) is 9.84 Å². The smallest absolute Gasteiger partial charge is 0.175 e. The van der Waals surface area contributed by atoms with Crippen molar-refractivity contribution in [2.24, 2.45) is 0 Å². The minimum absolute atomic E-state index is 0.289. The molecule has 0 saturated heterocycles. The van der Waals surface area contributed by atoms with Gasteiger partial charge >= 0.3 is 0 Å². The Kier molecular flexibility index (Phi) is 6.14. The van der Waals surface area contributed by atoms with Crippen molar-refractivity contribution in [1.29, 1.82) is 0 Å². The number of hydrogen-bond acceptors (Lipinski definition) is 4. The van der Waals surface area contributed by atoms with Crippen LogP contribution in [0.25, 0.3) is 11.1 Å². The second kappa shape index (κ2) is 8.73. The number of hydrogen-bond donors (Lipinski definition) is 0. The van der Waals surface area contributed by atoms with Crippen LogP contribution in [-0.2, 0) is 9.84 Å². The van der Waals surface area contributed by atoms with Crippen LogP contribution in [0, 0.1) is 0 Å². The SMILES string of the molecule is CS(=O)(=O)c1ccc(OCCCOc2ccc(-c3ccccc3)cc2)cc1. The highest BCUT2D eigenvalue weighted by Crippen LogP contribution is 2.22. The van der Waals surface area contributed by atoms with Crippen LogP contribution >= 0.6 is 0 Å². The Hall–Kier alpha value is -2.79. The van der Waals surface area contributed by atoms with Crippen LogP contribution in [0.1, 0.15) is 6.42 Å². The zero-order valence-corrected chi connectivity index (χ0v) is 16.0. The largest absolute Gasteiger partial charge is 0.493 e. The van der Waals surface area contributed by atoms with E-state index in [4.69, 9.17) is 9.47 Å². The summed E-state index contributed by atoms with van der Waals surface area (Å²) in [7, 11) is -3.18. The summed E-state index contributed by atoms with van der Waals surface area (Å²) in [6, 6.07) is 24.7. The molecule has 0 amide bonds. The Morgan fingerprint density at radius 1 is 0.667 bits per heavy atom. The molecule has 0 fully saturated rings. The summed E-state index contributed by atoms with van der Waals surface area (Å²) in [4.78, 5) is 0.289. The summed E-state index contributed by atoms with van der Waals surface area (Å²) >= 11 is 0. The zero-order chi connectivity index (χ0) is 19.1. The molecule has 0 unspecified atom stereocenters. The first kappa shape index (κ1) is 19.0. The first-order valence-electron chi connectivity index (χ1n) is 8.73. The lowest BCUT2D eigenvalue weighted by Crippen LogP contribution is -2.05. The van der Waals surface area contributed by atoms with Crippen LogP contribution in [0.4, 0.5) is 0 Å². The number of sulfone groups is 1. The van der Waals surface area contributed by atoms with E-state index in [9.17, 15) is 8.42 Å². The molecule has 0 radical (unpaired) electrons. The van der Waals surface area contributed by atoms with Gasteiger partial charge < -0.3 is 9.47 Å². The molecule has 0 bridgehead atoms. The lowest BCUT2D eigenvalue weighted by molar-refractivity contribution is 0.247. The summed E-state index contributed by atoms with van der Waals surface area (Å²) in [5, 5.41) is 0. The average Bonchev–Trinajstić information content (AvgIpc) is 2.69. The van der Waals surface area contributed by atoms with Crippen molar-refractivity contribution >= 4 is 9.84 Å². The molecule has 3 aromatic rings. The molecule has 0 heterocycles. The number of rotatable bonds is 8. The number of ether oxygens (including phenoxy) is 2. The van der Waals surface area contributed by atoms with Crippen molar-refractivity contribution < 1.29 is 17.9 Å². The van der Waals surface area contributed by atoms with Crippen LogP contribution in [0.2, 0.25) is 0 Å². The Morgan fingerprint density at radius 3 is 1.67 bits per heavy atom. The summed E-state index contributed by atoms with van der Waals surface area (Å²) in [5.74, 6) is 1.47. The van der Waals surface area contributed by atoms with Crippen LogP contribution in [-0.4, -0.2) is 27.9 Å². The summed E-state index contributed by atoms with van der Waals surface area (Å²) in [5.41, 5.74) is 2.34. The summed E-state index contributed by atoms with van der Waals surface area (Å²) in [6.45, 7) is 1.05. The van der Waals surface area contributed by atoms with Crippen molar-refractivity contribution in [2.45, 2.75) is 11.3 Å². The van der Waals surface area contributed by atoms with Gasteiger partial charge in [0.25, 0.3) is 0 Å². The van der Waals surface area contributed by atoms with Gasteiger partial charge in [-0.1, -0.05) is 42.5 Å². The molecule has 27 heavy (non-hydrogen) atoms. The topological polar surface area (TPSA) is 52.6 Å². The van der Waals surface area contributed by atoms with E-state index in [-0.39, 0.29) is 4.90 Å². The van der Waals surface area contributed by atoms with Gasteiger partial charge in [-0.3, -0.25) is 0 Å². The second-order valence-electron chi connectivity index (χ2n) is 6.18. The first-order valence-corrected chi connectivity index (χ1v) is 10.6. The third kappa shape index (κ3) is 5.59. The Morgan fingerprint density at radius 2 is 1.15 bits per heavy atom. The van der Waals surface area contributed by atoms with E-state index >= 15 is 0 Å². The normalized spacial score (nSPS) is 11.1. The Bertz CT molecular complexity index is 947. The first-order chi connectivity index (χ1) is 13.0. The molecule has 3 aromatic carbocycles. The van der Waals surface area contributed by atoms with E-state index in [1.807, 2.05) is 42.5 Å². The maximum absolute atomic E-state index is 11.4. The quantitative estimate of drug-likeness (QED) is 0.534. The highest BCUT2D eigenvalue weighted by atomic mass is 32.2. The molecule has 0 spiro atoms. The highest BCUT2D eigenvalue weighted by molar-refractivity contribution is 7.90. The van der Waals surface area contributed by atoms with E-state index in [0.717, 1.165) is 17.7 Å². The Labute approximate surface area is 160 Å². The van der Waals surface area contributed by atoms with Gasteiger partial charge in [0.05, 0.1) is 18.1 Å². The van der Waals surface area contributed by atoms with E-state index in [1.165, 1.54) is 11.8 Å². The average molecular weight is 382 g/mol. The fraction of sp³-hybridized carbons (Fsp3) is 0.182. The minimum Gasteiger partial charge on any atom is -0.493 e.